The molecule has 2 aliphatic heterocycles. The molecule has 0 radical (unpaired) electrons. The first-order valence-electron chi connectivity index (χ1n) is 8.58. The van der Waals surface area contributed by atoms with Crippen LogP contribution in [0, 0.1) is 17.3 Å². The molecule has 2 heterocycles. The molecule has 2 N–H and O–H groups in total. The number of aliphatic imine (C=N–C) groups is 1. The van der Waals surface area contributed by atoms with Crippen molar-refractivity contribution in [1.82, 2.24) is 10.6 Å². The van der Waals surface area contributed by atoms with Gasteiger partial charge in [0, 0.05) is 20.1 Å². The number of halogens is 1. The Bertz CT molecular complexity index is 760. The van der Waals surface area contributed by atoms with Crippen molar-refractivity contribution in [1.29, 1.82) is 5.26 Å². The molecule has 2 fully saturated rings. The summed E-state index contributed by atoms with van der Waals surface area (Å²) in [7, 11) is 1.53. The van der Waals surface area contributed by atoms with Crippen molar-refractivity contribution in [2.75, 3.05) is 56.2 Å². The third-order valence-corrected chi connectivity index (χ3v) is 4.36. The number of guanidine groups is 1. The van der Waals surface area contributed by atoms with E-state index in [1.807, 2.05) is 4.90 Å². The molecule has 27 heavy (non-hydrogen) atoms. The van der Waals surface area contributed by atoms with Crippen LogP contribution in [-0.2, 0) is 9.47 Å². The molecule has 2 saturated heterocycles. The Morgan fingerprint density at radius 2 is 2.22 bits per heavy atom. The minimum atomic E-state index is -0.538. The van der Waals surface area contributed by atoms with Crippen LogP contribution >= 0.6 is 0 Å². The second kappa shape index (κ2) is 8.55. The van der Waals surface area contributed by atoms with Gasteiger partial charge < -0.3 is 19.7 Å². The van der Waals surface area contributed by atoms with Crippen LogP contribution < -0.4 is 20.4 Å². The van der Waals surface area contributed by atoms with Crippen LogP contribution in [0.25, 0.3) is 0 Å². The lowest BCUT2D eigenvalue weighted by molar-refractivity contribution is 0.122. The molecule has 0 spiro atoms. The van der Waals surface area contributed by atoms with Crippen molar-refractivity contribution in [3.8, 4) is 6.19 Å². The number of rotatable bonds is 4. The van der Waals surface area contributed by atoms with Crippen molar-refractivity contribution in [3.05, 3.63) is 24.0 Å². The summed E-state index contributed by atoms with van der Waals surface area (Å²) in [6.45, 7) is 2.95. The smallest absolute Gasteiger partial charge is 0.414 e. The van der Waals surface area contributed by atoms with Crippen molar-refractivity contribution in [2.45, 2.75) is 6.10 Å². The van der Waals surface area contributed by atoms with Gasteiger partial charge in [-0.05, 0) is 18.2 Å². The number of anilines is 2. The van der Waals surface area contributed by atoms with Crippen LogP contribution in [0.2, 0.25) is 0 Å². The van der Waals surface area contributed by atoms with Gasteiger partial charge in [0.05, 0.1) is 37.7 Å². The minimum Gasteiger partial charge on any atom is -0.442 e. The predicted molar refractivity (Wildman–Crippen MR) is 97.2 cm³/mol. The van der Waals surface area contributed by atoms with E-state index in [1.165, 1.54) is 18.0 Å². The Kier molecular flexibility index (Phi) is 5.93. The molecular weight excluding hydrogens is 355 g/mol. The number of cyclic esters (lactones) is 1. The van der Waals surface area contributed by atoms with E-state index >= 15 is 0 Å². The molecule has 2 aliphatic rings. The largest absolute Gasteiger partial charge is 0.442 e. The first-order valence-corrected chi connectivity index (χ1v) is 8.58. The maximum absolute atomic E-state index is 14.6. The number of carbonyl (C=O) groups is 1. The summed E-state index contributed by atoms with van der Waals surface area (Å²) < 4.78 is 25.2. The lowest BCUT2D eigenvalue weighted by Crippen LogP contribution is -2.40. The lowest BCUT2D eigenvalue weighted by Gasteiger charge is -2.29. The monoisotopic (exact) mass is 376 g/mol. The summed E-state index contributed by atoms with van der Waals surface area (Å²) in [6.07, 6.45) is 0.775. The van der Waals surface area contributed by atoms with Crippen molar-refractivity contribution in [2.24, 2.45) is 4.99 Å². The number of nitrogens with one attached hydrogen (secondary N) is 2. The molecule has 0 unspecified atom stereocenters. The molecule has 1 aromatic carbocycles. The second-order valence-corrected chi connectivity index (χ2v) is 6.04. The Hall–Kier alpha value is -3.06. The molecule has 1 atom stereocenters. The van der Waals surface area contributed by atoms with Gasteiger partial charge in [0.25, 0.3) is 0 Å². The van der Waals surface area contributed by atoms with E-state index in [0.29, 0.717) is 37.7 Å². The van der Waals surface area contributed by atoms with Gasteiger partial charge in [-0.15, -0.1) is 0 Å². The van der Waals surface area contributed by atoms with E-state index in [4.69, 9.17) is 14.7 Å². The van der Waals surface area contributed by atoms with Gasteiger partial charge in [0.15, 0.2) is 6.19 Å². The number of morpholine rings is 1. The van der Waals surface area contributed by atoms with Crippen LogP contribution in [-0.4, -0.2) is 64.6 Å². The molecule has 9 nitrogen and oxygen atoms in total. The van der Waals surface area contributed by atoms with Crippen molar-refractivity contribution >= 4 is 23.4 Å². The Morgan fingerprint density at radius 3 is 2.89 bits per heavy atom. The Labute approximate surface area is 156 Å². The summed E-state index contributed by atoms with van der Waals surface area (Å²) in [5.74, 6) is -0.102. The number of nitriles is 1. The molecule has 0 saturated carbocycles. The molecule has 0 bridgehead atoms. The van der Waals surface area contributed by atoms with Gasteiger partial charge >= 0.3 is 6.09 Å². The number of hydrogen-bond donors (Lipinski definition) is 2. The van der Waals surface area contributed by atoms with Gasteiger partial charge in [-0.1, -0.05) is 0 Å². The number of amides is 1. The highest BCUT2D eigenvalue weighted by Gasteiger charge is 2.33. The first kappa shape index (κ1) is 18.7. The normalized spacial score (nSPS) is 20.3. The molecule has 3 rings (SSSR count). The van der Waals surface area contributed by atoms with Crippen LogP contribution in [0.3, 0.4) is 0 Å². The van der Waals surface area contributed by atoms with Crippen molar-refractivity contribution in [3.63, 3.8) is 0 Å². The summed E-state index contributed by atoms with van der Waals surface area (Å²) in [4.78, 5) is 19.3. The van der Waals surface area contributed by atoms with Crippen molar-refractivity contribution < 1.29 is 18.7 Å². The van der Waals surface area contributed by atoms with E-state index in [0.717, 1.165) is 0 Å². The Balaban J connectivity index is 1.63. The zero-order chi connectivity index (χ0) is 19.2. The van der Waals surface area contributed by atoms with E-state index < -0.39 is 12.2 Å². The molecule has 0 aromatic heterocycles. The zero-order valence-corrected chi connectivity index (χ0v) is 14.9. The number of nitrogens with zero attached hydrogens (tertiary/aromatic N) is 4. The number of ether oxygens (including phenoxy) is 2. The topological polar surface area (TPSA) is 102 Å². The highest BCUT2D eigenvalue weighted by Crippen LogP contribution is 2.28. The molecule has 1 amide bonds. The van der Waals surface area contributed by atoms with E-state index in [-0.39, 0.29) is 24.9 Å². The summed E-state index contributed by atoms with van der Waals surface area (Å²) in [6, 6.07) is 4.73. The first-order chi connectivity index (χ1) is 13.1. The highest BCUT2D eigenvalue weighted by molar-refractivity contribution is 5.90. The summed E-state index contributed by atoms with van der Waals surface area (Å²) >= 11 is 0. The van der Waals surface area contributed by atoms with Gasteiger partial charge in [-0.25, -0.2) is 9.18 Å². The fourth-order valence-corrected chi connectivity index (χ4v) is 3.01. The van der Waals surface area contributed by atoms with E-state index in [2.05, 4.69) is 15.6 Å². The third-order valence-electron chi connectivity index (χ3n) is 4.36. The average Bonchev–Trinajstić information content (AvgIpc) is 3.06. The summed E-state index contributed by atoms with van der Waals surface area (Å²) in [5.41, 5.74) is 0.941. The maximum Gasteiger partial charge on any atom is 0.414 e. The number of benzene rings is 1. The Morgan fingerprint density at radius 1 is 1.44 bits per heavy atom. The SMILES string of the molecule is C/N=C(\NC#N)NC[C@H]1CN(c2ccc(N3CCOCC3)c(F)c2)C(=O)O1. The van der Waals surface area contributed by atoms with E-state index in [1.54, 1.807) is 18.3 Å². The lowest BCUT2D eigenvalue weighted by atomic mass is 10.2. The zero-order valence-electron chi connectivity index (χ0n) is 14.9. The third kappa shape index (κ3) is 4.38. The maximum atomic E-state index is 14.6. The number of carbonyl (C=O) groups excluding carboxylic acids is 1. The van der Waals surface area contributed by atoms with Gasteiger partial charge in [0.1, 0.15) is 11.9 Å². The predicted octanol–water partition coefficient (Wildman–Crippen LogP) is 0.634. The number of hydrogen-bond acceptors (Lipinski definition) is 6. The standard InChI is InChI=1S/C17H21FN6O3/c1-20-16(22-11-19)21-9-13-10-24(17(25)27-13)12-2-3-15(14(18)8-12)23-4-6-26-7-5-23/h2-3,8,13H,4-7,9-10H2,1H3,(H2,20,21,22)/t13-/m0/s1. The minimum absolute atomic E-state index is 0.270. The van der Waals surface area contributed by atoms with Gasteiger partial charge in [0.2, 0.25) is 5.96 Å². The molecular formula is C17H21FN6O3. The molecule has 144 valence electrons. The van der Waals surface area contributed by atoms with Gasteiger partial charge in [-0.3, -0.25) is 15.2 Å². The summed E-state index contributed by atoms with van der Waals surface area (Å²) in [5, 5.41) is 13.9. The average molecular weight is 376 g/mol. The second-order valence-electron chi connectivity index (χ2n) is 6.04. The highest BCUT2D eigenvalue weighted by atomic mass is 19.1. The molecule has 1 aromatic rings. The van der Waals surface area contributed by atoms with Crippen LogP contribution in [0.1, 0.15) is 0 Å². The van der Waals surface area contributed by atoms with Crippen LogP contribution in [0.5, 0.6) is 0 Å². The van der Waals surface area contributed by atoms with Crippen LogP contribution in [0.4, 0.5) is 20.6 Å². The fraction of sp³-hybridized carbons (Fsp3) is 0.471. The quantitative estimate of drug-likeness (QED) is 0.344. The molecule has 10 heteroatoms. The van der Waals surface area contributed by atoms with E-state index in [9.17, 15) is 9.18 Å². The van der Waals surface area contributed by atoms with Gasteiger partial charge in [-0.2, -0.15) is 5.26 Å². The van der Waals surface area contributed by atoms with Crippen LogP contribution in [0.15, 0.2) is 23.2 Å². The molecule has 0 aliphatic carbocycles. The fourth-order valence-electron chi connectivity index (χ4n) is 3.01.